The first-order valence-electron chi connectivity index (χ1n) is 8.79. The zero-order valence-electron chi connectivity index (χ0n) is 14.3. The minimum atomic E-state index is -0.847. The second-order valence-corrected chi connectivity index (χ2v) is 6.84. The normalized spacial score (nSPS) is 25.5. The number of rotatable bonds is 4. The lowest BCUT2D eigenvalue weighted by atomic mass is 9.97. The zero-order chi connectivity index (χ0) is 16.7. The maximum Gasteiger partial charge on any atom is 0.337 e. The quantitative estimate of drug-likeness (QED) is 0.662. The van der Waals surface area contributed by atoms with Gasteiger partial charge in [-0.1, -0.05) is 18.2 Å². The Morgan fingerprint density at radius 1 is 1.24 bits per heavy atom. The molecule has 1 N–H and O–H groups in total. The highest BCUT2D eigenvalue weighted by molar-refractivity contribution is 6.03. The van der Waals surface area contributed by atoms with Crippen molar-refractivity contribution < 1.29 is 9.90 Å². The average molecular weight is 362 g/mol. The highest BCUT2D eigenvalue weighted by atomic mass is 35.5. The molecule has 2 aliphatic rings. The van der Waals surface area contributed by atoms with Crippen molar-refractivity contribution in [3.63, 3.8) is 0 Å². The number of para-hydroxylation sites is 1. The summed E-state index contributed by atoms with van der Waals surface area (Å²) in [5.41, 5.74) is 1.45. The Hall–Kier alpha value is -2.01. The second kappa shape index (κ2) is 7.08. The van der Waals surface area contributed by atoms with Crippen LogP contribution in [0.4, 0.5) is 0 Å². The molecule has 5 nitrogen and oxygen atoms in total. The molecule has 2 saturated heterocycles. The van der Waals surface area contributed by atoms with Crippen molar-refractivity contribution in [3.8, 4) is 0 Å². The highest BCUT2D eigenvalue weighted by Crippen LogP contribution is 2.41. The van der Waals surface area contributed by atoms with E-state index >= 15 is 0 Å². The van der Waals surface area contributed by atoms with E-state index in [1.54, 1.807) is 0 Å². The molecule has 3 heterocycles. The van der Waals surface area contributed by atoms with E-state index in [1.165, 1.54) is 12.8 Å². The fraction of sp³-hybridized carbons (Fsp3) is 0.474. The zero-order valence-corrected chi connectivity index (χ0v) is 15.2. The van der Waals surface area contributed by atoms with E-state index in [1.807, 2.05) is 36.8 Å². The van der Waals surface area contributed by atoms with Crippen molar-refractivity contribution >= 4 is 35.6 Å². The topological polar surface area (TPSA) is 57.8 Å². The van der Waals surface area contributed by atoms with Gasteiger partial charge in [-0.05, 0) is 38.7 Å². The van der Waals surface area contributed by atoms with Crippen molar-refractivity contribution in [3.05, 3.63) is 36.0 Å². The molecule has 2 unspecified atom stereocenters. The van der Waals surface area contributed by atoms with Crippen LogP contribution in [0.3, 0.4) is 0 Å². The number of carboxylic acid groups (broad SMARTS) is 1. The van der Waals surface area contributed by atoms with Gasteiger partial charge in [-0.2, -0.15) is 0 Å². The summed E-state index contributed by atoms with van der Waals surface area (Å²) in [6.07, 6.45) is 8.42. The van der Waals surface area contributed by atoms with Crippen LogP contribution >= 0.6 is 12.4 Å². The Labute approximate surface area is 153 Å². The minimum absolute atomic E-state index is 0. The van der Waals surface area contributed by atoms with Gasteiger partial charge in [0, 0.05) is 41.8 Å². The van der Waals surface area contributed by atoms with Crippen LogP contribution in [0.15, 0.2) is 35.5 Å². The van der Waals surface area contributed by atoms with Crippen LogP contribution in [0.25, 0.3) is 10.9 Å². The molecular formula is C19H24ClN3O2. The predicted molar refractivity (Wildman–Crippen MR) is 102 cm³/mol. The third kappa shape index (κ3) is 3.01. The van der Waals surface area contributed by atoms with Crippen LogP contribution in [0.2, 0.25) is 0 Å². The van der Waals surface area contributed by atoms with Crippen molar-refractivity contribution in [2.24, 2.45) is 4.99 Å². The maximum absolute atomic E-state index is 11.6. The predicted octanol–water partition coefficient (Wildman–Crippen LogP) is 3.98. The molecule has 25 heavy (non-hydrogen) atoms. The number of halogens is 1. The molecule has 0 radical (unpaired) electrons. The molecule has 2 aliphatic heterocycles. The Morgan fingerprint density at radius 3 is 2.56 bits per heavy atom. The molecule has 2 atom stereocenters. The van der Waals surface area contributed by atoms with Gasteiger partial charge >= 0.3 is 5.97 Å². The molecule has 134 valence electrons. The van der Waals surface area contributed by atoms with Gasteiger partial charge in [-0.3, -0.25) is 4.99 Å². The van der Waals surface area contributed by atoms with E-state index in [-0.39, 0.29) is 12.4 Å². The third-order valence-corrected chi connectivity index (χ3v) is 5.53. The average Bonchev–Trinajstić information content (AvgIpc) is 3.08. The molecule has 4 rings (SSSR count). The fourth-order valence-corrected chi connectivity index (χ4v) is 4.45. The third-order valence-electron chi connectivity index (χ3n) is 5.53. The Morgan fingerprint density at radius 2 is 1.92 bits per heavy atom. The molecule has 2 fully saturated rings. The summed E-state index contributed by atoms with van der Waals surface area (Å²) in [4.78, 5) is 18.4. The van der Waals surface area contributed by atoms with E-state index in [0.717, 1.165) is 30.3 Å². The van der Waals surface area contributed by atoms with Gasteiger partial charge < -0.3 is 14.6 Å². The van der Waals surface area contributed by atoms with Crippen molar-refractivity contribution in [1.82, 2.24) is 9.47 Å². The molecule has 0 aliphatic carbocycles. The second-order valence-electron chi connectivity index (χ2n) is 6.84. The summed E-state index contributed by atoms with van der Waals surface area (Å²) >= 11 is 0. The molecule has 1 aromatic carbocycles. The van der Waals surface area contributed by atoms with Crippen LogP contribution in [0.1, 0.15) is 49.0 Å². The number of aliphatic imine (C=N–C) groups is 1. The van der Waals surface area contributed by atoms with Crippen molar-refractivity contribution in [1.29, 1.82) is 0 Å². The summed E-state index contributed by atoms with van der Waals surface area (Å²) in [7, 11) is 0. The monoisotopic (exact) mass is 361 g/mol. The number of carbonyl (C=O) groups is 1. The number of aromatic carboxylic acids is 1. The molecule has 0 amide bonds. The number of fused-ring (bicyclic) bond motifs is 3. The van der Waals surface area contributed by atoms with Crippen LogP contribution < -0.4 is 0 Å². The lowest BCUT2D eigenvalue weighted by Crippen LogP contribution is -2.42. The van der Waals surface area contributed by atoms with Crippen LogP contribution in [0.5, 0.6) is 0 Å². The summed E-state index contributed by atoms with van der Waals surface area (Å²) < 4.78 is 2.21. The number of benzene rings is 1. The SMILES string of the molecule is CC/N=C/N1C2CCC1CC(n1cc(C(=O)O)c3ccccc31)C2.Cl. The maximum atomic E-state index is 11.6. The standard InChI is InChI=1S/C19H23N3O2.ClH/c1-2-20-12-22-13-7-8-14(22)10-15(9-13)21-11-17(19(23)24)16-5-3-4-6-18(16)21;/h3-6,11-15H,2,7-10H2,1H3,(H,23,24);1H/b20-12+;. The number of carboxylic acids is 1. The summed E-state index contributed by atoms with van der Waals surface area (Å²) in [6, 6.07) is 9.26. The summed E-state index contributed by atoms with van der Waals surface area (Å²) in [5.74, 6) is -0.847. The fourth-order valence-electron chi connectivity index (χ4n) is 4.45. The van der Waals surface area contributed by atoms with Crippen LogP contribution in [0, 0.1) is 0 Å². The number of aromatic nitrogens is 1. The first kappa shape index (κ1) is 17.8. The molecule has 1 aromatic heterocycles. The molecular weight excluding hydrogens is 338 g/mol. The molecule has 6 heteroatoms. The lowest BCUT2D eigenvalue weighted by molar-refractivity contribution is 0.0698. The van der Waals surface area contributed by atoms with Gasteiger partial charge in [-0.15, -0.1) is 12.4 Å². The van der Waals surface area contributed by atoms with Crippen LogP contribution in [-0.4, -0.2) is 45.5 Å². The smallest absolute Gasteiger partial charge is 0.337 e. The van der Waals surface area contributed by atoms with Gasteiger partial charge in [0.15, 0.2) is 0 Å². The Bertz CT molecular complexity index is 787. The molecule has 0 spiro atoms. The molecule has 2 aromatic rings. The first-order valence-corrected chi connectivity index (χ1v) is 8.79. The highest BCUT2D eigenvalue weighted by Gasteiger charge is 2.40. The summed E-state index contributed by atoms with van der Waals surface area (Å²) in [6.45, 7) is 2.88. The van der Waals surface area contributed by atoms with E-state index in [9.17, 15) is 9.90 Å². The van der Waals surface area contributed by atoms with Crippen molar-refractivity contribution in [2.45, 2.75) is 50.7 Å². The van der Waals surface area contributed by atoms with E-state index in [2.05, 4.69) is 21.4 Å². The number of piperidine rings is 1. The Kier molecular flexibility index (Phi) is 5.04. The molecule has 0 saturated carbocycles. The summed E-state index contributed by atoms with van der Waals surface area (Å²) in [5, 5.41) is 10.4. The van der Waals surface area contributed by atoms with Gasteiger partial charge in [0.2, 0.25) is 0 Å². The van der Waals surface area contributed by atoms with E-state index in [0.29, 0.717) is 23.7 Å². The number of nitrogens with zero attached hydrogens (tertiary/aromatic N) is 3. The Balaban J connectivity index is 0.00000182. The van der Waals surface area contributed by atoms with Gasteiger partial charge in [0.1, 0.15) is 0 Å². The lowest BCUT2D eigenvalue weighted by Gasteiger charge is -2.38. The number of hydrogen-bond acceptors (Lipinski definition) is 2. The van der Waals surface area contributed by atoms with Gasteiger partial charge in [0.25, 0.3) is 0 Å². The van der Waals surface area contributed by atoms with Crippen LogP contribution in [-0.2, 0) is 0 Å². The van der Waals surface area contributed by atoms with E-state index in [4.69, 9.17) is 0 Å². The minimum Gasteiger partial charge on any atom is -0.478 e. The first-order chi connectivity index (χ1) is 11.7. The van der Waals surface area contributed by atoms with Gasteiger partial charge in [-0.25, -0.2) is 4.79 Å². The van der Waals surface area contributed by atoms with Crippen molar-refractivity contribution in [2.75, 3.05) is 6.54 Å². The largest absolute Gasteiger partial charge is 0.478 e. The van der Waals surface area contributed by atoms with E-state index < -0.39 is 5.97 Å². The molecule has 2 bridgehead atoms. The number of hydrogen-bond donors (Lipinski definition) is 1. The van der Waals surface area contributed by atoms with Gasteiger partial charge in [0.05, 0.1) is 11.9 Å².